The van der Waals surface area contributed by atoms with Gasteiger partial charge in [-0.1, -0.05) is 30.3 Å². The normalized spacial score (nSPS) is 10.6. The van der Waals surface area contributed by atoms with E-state index in [1.165, 1.54) is 0 Å². The number of aromatic nitrogens is 4. The predicted molar refractivity (Wildman–Crippen MR) is 73.9 cm³/mol. The molecule has 0 radical (unpaired) electrons. The minimum atomic E-state index is -0.909. The lowest BCUT2D eigenvalue weighted by Crippen LogP contribution is -2.14. The van der Waals surface area contributed by atoms with Crippen LogP contribution in [0.2, 0.25) is 0 Å². The summed E-state index contributed by atoms with van der Waals surface area (Å²) in [5.41, 5.74) is 0.550. The SMILES string of the molecule is O=C(Cn1nnc(-c2ccccc2)n1)c1ccc(F)cc1F. The van der Waals surface area contributed by atoms with Crippen molar-refractivity contribution < 1.29 is 13.6 Å². The molecule has 0 atom stereocenters. The van der Waals surface area contributed by atoms with Gasteiger partial charge in [-0.3, -0.25) is 4.79 Å². The Morgan fingerprint density at radius 1 is 1.09 bits per heavy atom. The number of Topliss-reactive ketones (excluding diaryl/α,β-unsaturated/α-hetero) is 1. The van der Waals surface area contributed by atoms with Crippen molar-refractivity contribution in [3.8, 4) is 11.4 Å². The number of hydrogen-bond donors (Lipinski definition) is 0. The van der Waals surface area contributed by atoms with E-state index in [9.17, 15) is 13.6 Å². The van der Waals surface area contributed by atoms with E-state index in [1.807, 2.05) is 30.3 Å². The van der Waals surface area contributed by atoms with Gasteiger partial charge in [0.1, 0.15) is 18.2 Å². The first-order chi connectivity index (χ1) is 10.6. The molecule has 0 aliphatic carbocycles. The van der Waals surface area contributed by atoms with E-state index in [2.05, 4.69) is 15.4 Å². The van der Waals surface area contributed by atoms with Gasteiger partial charge in [0.05, 0.1) is 5.56 Å². The lowest BCUT2D eigenvalue weighted by atomic mass is 10.1. The van der Waals surface area contributed by atoms with Crippen molar-refractivity contribution in [2.75, 3.05) is 0 Å². The fourth-order valence-electron chi connectivity index (χ4n) is 1.94. The van der Waals surface area contributed by atoms with Crippen molar-refractivity contribution in [1.29, 1.82) is 0 Å². The third-order valence-corrected chi connectivity index (χ3v) is 3.00. The van der Waals surface area contributed by atoms with Crippen molar-refractivity contribution in [2.24, 2.45) is 0 Å². The Morgan fingerprint density at radius 3 is 2.59 bits per heavy atom. The number of benzene rings is 2. The van der Waals surface area contributed by atoms with Gasteiger partial charge >= 0.3 is 0 Å². The Hall–Kier alpha value is -2.96. The molecule has 0 bridgehead atoms. The third kappa shape index (κ3) is 2.88. The Bertz CT molecular complexity index is 817. The van der Waals surface area contributed by atoms with E-state index in [0.717, 1.165) is 22.5 Å². The summed E-state index contributed by atoms with van der Waals surface area (Å²) in [6.07, 6.45) is 0. The van der Waals surface area contributed by atoms with E-state index in [-0.39, 0.29) is 12.1 Å². The number of nitrogens with zero attached hydrogens (tertiary/aromatic N) is 4. The van der Waals surface area contributed by atoms with Crippen molar-refractivity contribution in [2.45, 2.75) is 6.54 Å². The Balaban J connectivity index is 1.79. The average Bonchev–Trinajstić information content (AvgIpc) is 2.96. The van der Waals surface area contributed by atoms with E-state index in [0.29, 0.717) is 11.9 Å². The minimum Gasteiger partial charge on any atom is -0.292 e. The Labute approximate surface area is 124 Å². The number of rotatable bonds is 4. The molecule has 0 unspecified atom stereocenters. The molecule has 0 aliphatic rings. The second kappa shape index (κ2) is 5.80. The van der Waals surface area contributed by atoms with Crippen LogP contribution in [0.4, 0.5) is 8.78 Å². The summed E-state index contributed by atoms with van der Waals surface area (Å²) in [6, 6.07) is 11.9. The fourth-order valence-corrected chi connectivity index (χ4v) is 1.94. The lowest BCUT2D eigenvalue weighted by Gasteiger charge is -2.01. The maximum absolute atomic E-state index is 13.5. The van der Waals surface area contributed by atoms with E-state index >= 15 is 0 Å². The molecule has 0 aliphatic heterocycles. The molecular formula is C15H10F2N4O. The molecule has 1 aromatic heterocycles. The second-order valence-electron chi connectivity index (χ2n) is 4.56. The van der Waals surface area contributed by atoms with Crippen LogP contribution in [0.3, 0.4) is 0 Å². The zero-order chi connectivity index (χ0) is 15.5. The first kappa shape index (κ1) is 14.0. The van der Waals surface area contributed by atoms with E-state index < -0.39 is 17.4 Å². The van der Waals surface area contributed by atoms with Gasteiger partial charge in [-0.05, 0) is 17.3 Å². The summed E-state index contributed by atoms with van der Waals surface area (Å²) in [4.78, 5) is 13.1. The van der Waals surface area contributed by atoms with Gasteiger partial charge in [-0.15, -0.1) is 10.2 Å². The largest absolute Gasteiger partial charge is 0.292 e. The number of ketones is 1. The van der Waals surface area contributed by atoms with Crippen LogP contribution in [0.5, 0.6) is 0 Å². The van der Waals surface area contributed by atoms with Gasteiger partial charge in [0.25, 0.3) is 0 Å². The van der Waals surface area contributed by atoms with E-state index in [4.69, 9.17) is 0 Å². The smallest absolute Gasteiger partial charge is 0.204 e. The molecule has 3 rings (SSSR count). The van der Waals surface area contributed by atoms with Crippen LogP contribution in [-0.4, -0.2) is 26.0 Å². The van der Waals surface area contributed by atoms with Crippen molar-refractivity contribution >= 4 is 5.78 Å². The van der Waals surface area contributed by atoms with Gasteiger partial charge in [0.15, 0.2) is 5.78 Å². The molecule has 2 aromatic carbocycles. The summed E-state index contributed by atoms with van der Waals surface area (Å²) < 4.78 is 26.4. The molecule has 1 heterocycles. The van der Waals surface area contributed by atoms with Gasteiger partial charge < -0.3 is 0 Å². The van der Waals surface area contributed by atoms with Crippen LogP contribution in [0.1, 0.15) is 10.4 Å². The van der Waals surface area contributed by atoms with E-state index in [1.54, 1.807) is 0 Å². The molecule has 5 nitrogen and oxygen atoms in total. The fraction of sp³-hybridized carbons (Fsp3) is 0.0667. The molecular weight excluding hydrogens is 290 g/mol. The van der Waals surface area contributed by atoms with Crippen LogP contribution in [0, 0.1) is 11.6 Å². The highest BCUT2D eigenvalue weighted by Gasteiger charge is 2.15. The minimum absolute atomic E-state index is 0.208. The first-order valence-electron chi connectivity index (χ1n) is 6.45. The number of carbonyl (C=O) groups is 1. The van der Waals surface area contributed by atoms with Gasteiger partial charge in [-0.25, -0.2) is 8.78 Å². The standard InChI is InChI=1S/C15H10F2N4O/c16-11-6-7-12(13(17)8-11)14(22)9-21-19-15(18-20-21)10-4-2-1-3-5-10/h1-8H,9H2. The maximum Gasteiger partial charge on any atom is 0.204 e. The molecule has 3 aromatic rings. The van der Waals surface area contributed by atoms with Crippen molar-refractivity contribution in [3.05, 3.63) is 65.7 Å². The summed E-state index contributed by atoms with van der Waals surface area (Å²) in [6.45, 7) is -0.275. The molecule has 0 spiro atoms. The number of tetrazole rings is 1. The number of carbonyl (C=O) groups excluding carboxylic acids is 1. The first-order valence-corrected chi connectivity index (χ1v) is 6.45. The van der Waals surface area contributed by atoms with Gasteiger partial charge in [0.2, 0.25) is 5.82 Å². The lowest BCUT2D eigenvalue weighted by molar-refractivity contribution is 0.0957. The van der Waals surface area contributed by atoms with Gasteiger partial charge in [-0.2, -0.15) is 4.80 Å². The monoisotopic (exact) mass is 300 g/mol. The van der Waals surface area contributed by atoms with Crippen LogP contribution < -0.4 is 0 Å². The van der Waals surface area contributed by atoms with Crippen LogP contribution >= 0.6 is 0 Å². The molecule has 0 N–H and O–H groups in total. The van der Waals surface area contributed by atoms with Crippen LogP contribution in [-0.2, 0) is 6.54 Å². The molecule has 0 saturated heterocycles. The summed E-state index contributed by atoms with van der Waals surface area (Å²) >= 11 is 0. The Morgan fingerprint density at radius 2 is 1.86 bits per heavy atom. The Kier molecular flexibility index (Phi) is 3.69. The summed E-state index contributed by atoms with van der Waals surface area (Å²) in [5.74, 6) is -1.84. The van der Waals surface area contributed by atoms with Crippen LogP contribution in [0.25, 0.3) is 11.4 Å². The second-order valence-corrected chi connectivity index (χ2v) is 4.56. The number of halogens is 2. The average molecular weight is 300 g/mol. The topological polar surface area (TPSA) is 60.7 Å². The van der Waals surface area contributed by atoms with Crippen LogP contribution in [0.15, 0.2) is 48.5 Å². The zero-order valence-corrected chi connectivity index (χ0v) is 11.3. The molecule has 0 fully saturated rings. The molecule has 110 valence electrons. The molecule has 22 heavy (non-hydrogen) atoms. The van der Waals surface area contributed by atoms with Crippen molar-refractivity contribution in [3.63, 3.8) is 0 Å². The molecule has 0 amide bonds. The summed E-state index contributed by atoms with van der Waals surface area (Å²) in [7, 11) is 0. The molecule has 0 saturated carbocycles. The molecule has 7 heteroatoms. The number of hydrogen-bond acceptors (Lipinski definition) is 4. The van der Waals surface area contributed by atoms with Crippen molar-refractivity contribution in [1.82, 2.24) is 20.2 Å². The summed E-state index contributed by atoms with van der Waals surface area (Å²) in [5, 5.41) is 11.7. The van der Waals surface area contributed by atoms with Gasteiger partial charge in [0, 0.05) is 11.6 Å². The predicted octanol–water partition coefficient (Wildman–Crippen LogP) is 2.50. The maximum atomic E-state index is 13.5. The zero-order valence-electron chi connectivity index (χ0n) is 11.3. The third-order valence-electron chi connectivity index (χ3n) is 3.00. The highest BCUT2D eigenvalue weighted by Crippen LogP contribution is 2.13. The quantitative estimate of drug-likeness (QED) is 0.695. The highest BCUT2D eigenvalue weighted by atomic mass is 19.1. The highest BCUT2D eigenvalue weighted by molar-refractivity contribution is 5.96.